The Morgan fingerprint density at radius 1 is 1.36 bits per heavy atom. The molecule has 3 atom stereocenters. The maximum atomic E-state index is 12.5. The average Bonchev–Trinajstić information content (AvgIpc) is 3.10. The van der Waals surface area contributed by atoms with Gasteiger partial charge in [-0.3, -0.25) is 9.20 Å². The number of amides is 1. The normalized spacial score (nSPS) is 26.1. The third kappa shape index (κ3) is 3.06. The fourth-order valence-corrected chi connectivity index (χ4v) is 4.83. The average molecular weight is 380 g/mol. The SMILES string of the molecule is CC[C@@H]1C[C@H](NC(=O)CCC2(C)CC2)C[C@@H]1c1nnc2cnc3[nH]ccc3n12. The summed E-state index contributed by atoms with van der Waals surface area (Å²) in [6, 6.07) is 2.25. The number of carbonyl (C=O) groups excluding carboxylic acids is 1. The summed E-state index contributed by atoms with van der Waals surface area (Å²) in [7, 11) is 0. The van der Waals surface area contributed by atoms with E-state index in [1.165, 1.54) is 12.8 Å². The topological polar surface area (TPSA) is 88.0 Å². The van der Waals surface area contributed by atoms with E-state index in [4.69, 9.17) is 0 Å². The summed E-state index contributed by atoms with van der Waals surface area (Å²) < 4.78 is 2.13. The summed E-state index contributed by atoms with van der Waals surface area (Å²) in [4.78, 5) is 20.0. The number of fused-ring (bicyclic) bond motifs is 3. The molecule has 148 valence electrons. The highest BCUT2D eigenvalue weighted by atomic mass is 16.1. The molecule has 2 saturated carbocycles. The van der Waals surface area contributed by atoms with Crippen LogP contribution in [0.3, 0.4) is 0 Å². The van der Waals surface area contributed by atoms with Gasteiger partial charge in [0.15, 0.2) is 11.3 Å². The zero-order chi connectivity index (χ0) is 19.3. The Hall–Kier alpha value is -2.44. The van der Waals surface area contributed by atoms with Crippen LogP contribution in [0.4, 0.5) is 0 Å². The number of hydrogen-bond donors (Lipinski definition) is 2. The molecule has 28 heavy (non-hydrogen) atoms. The lowest BCUT2D eigenvalue weighted by atomic mass is 9.93. The Morgan fingerprint density at radius 3 is 3.00 bits per heavy atom. The molecule has 7 nitrogen and oxygen atoms in total. The first-order valence-corrected chi connectivity index (χ1v) is 10.5. The Labute approximate surface area is 164 Å². The van der Waals surface area contributed by atoms with Crippen molar-refractivity contribution >= 4 is 22.7 Å². The molecule has 0 spiro atoms. The van der Waals surface area contributed by atoms with Gasteiger partial charge in [0.05, 0.1) is 11.7 Å². The van der Waals surface area contributed by atoms with Gasteiger partial charge in [0.2, 0.25) is 5.91 Å². The van der Waals surface area contributed by atoms with Crippen LogP contribution in [0.1, 0.15) is 70.5 Å². The number of aromatic nitrogens is 5. The van der Waals surface area contributed by atoms with Crippen molar-refractivity contribution in [2.75, 3.05) is 0 Å². The maximum Gasteiger partial charge on any atom is 0.220 e. The smallest absolute Gasteiger partial charge is 0.220 e. The van der Waals surface area contributed by atoms with E-state index in [0.29, 0.717) is 23.7 Å². The lowest BCUT2D eigenvalue weighted by Gasteiger charge is -2.16. The van der Waals surface area contributed by atoms with Crippen LogP contribution in [0.25, 0.3) is 16.8 Å². The van der Waals surface area contributed by atoms with Gasteiger partial charge >= 0.3 is 0 Å². The van der Waals surface area contributed by atoms with Gasteiger partial charge in [-0.2, -0.15) is 0 Å². The van der Waals surface area contributed by atoms with E-state index in [1.807, 2.05) is 12.3 Å². The lowest BCUT2D eigenvalue weighted by Crippen LogP contribution is -2.33. The van der Waals surface area contributed by atoms with Crippen molar-refractivity contribution in [1.29, 1.82) is 0 Å². The van der Waals surface area contributed by atoms with Crippen molar-refractivity contribution < 1.29 is 4.79 Å². The predicted octanol–water partition coefficient (Wildman–Crippen LogP) is 3.57. The fraction of sp³-hybridized carbons (Fsp3) is 0.619. The van der Waals surface area contributed by atoms with Crippen molar-refractivity contribution in [2.45, 2.75) is 70.8 Å². The van der Waals surface area contributed by atoms with Crippen LogP contribution >= 0.6 is 0 Å². The predicted molar refractivity (Wildman–Crippen MR) is 107 cm³/mol. The summed E-state index contributed by atoms with van der Waals surface area (Å²) in [5, 5.41) is 12.2. The number of rotatable bonds is 6. The molecule has 0 saturated heterocycles. The number of H-pyrrole nitrogens is 1. The minimum absolute atomic E-state index is 0.206. The fourth-order valence-electron chi connectivity index (χ4n) is 4.83. The first kappa shape index (κ1) is 17.6. The van der Waals surface area contributed by atoms with E-state index >= 15 is 0 Å². The molecule has 3 heterocycles. The van der Waals surface area contributed by atoms with Gasteiger partial charge in [-0.25, -0.2) is 4.98 Å². The molecule has 0 unspecified atom stereocenters. The van der Waals surface area contributed by atoms with Crippen LogP contribution in [0.5, 0.6) is 0 Å². The molecular weight excluding hydrogens is 352 g/mol. The summed E-state index contributed by atoms with van der Waals surface area (Å²) >= 11 is 0. The number of hydrogen-bond acceptors (Lipinski definition) is 4. The molecule has 3 aromatic rings. The second kappa shape index (κ2) is 6.57. The molecule has 2 N–H and O–H groups in total. The third-order valence-corrected chi connectivity index (χ3v) is 6.94. The van der Waals surface area contributed by atoms with E-state index in [0.717, 1.165) is 48.3 Å². The molecule has 5 rings (SSSR count). The van der Waals surface area contributed by atoms with Gasteiger partial charge in [0, 0.05) is 24.6 Å². The van der Waals surface area contributed by atoms with Crippen molar-refractivity contribution in [1.82, 2.24) is 29.9 Å². The van der Waals surface area contributed by atoms with Crippen LogP contribution in [-0.2, 0) is 4.79 Å². The van der Waals surface area contributed by atoms with Gasteiger partial charge < -0.3 is 10.3 Å². The van der Waals surface area contributed by atoms with Crippen molar-refractivity contribution in [2.24, 2.45) is 11.3 Å². The van der Waals surface area contributed by atoms with Crippen molar-refractivity contribution in [3.05, 3.63) is 24.3 Å². The monoisotopic (exact) mass is 380 g/mol. The van der Waals surface area contributed by atoms with Crippen LogP contribution in [0, 0.1) is 11.3 Å². The highest BCUT2D eigenvalue weighted by molar-refractivity contribution is 5.76. The Bertz CT molecular complexity index is 1020. The molecule has 2 fully saturated rings. The number of nitrogens with one attached hydrogen (secondary N) is 2. The number of aromatic amines is 1. The van der Waals surface area contributed by atoms with Crippen LogP contribution in [0.15, 0.2) is 18.5 Å². The van der Waals surface area contributed by atoms with Crippen molar-refractivity contribution in [3.63, 3.8) is 0 Å². The zero-order valence-corrected chi connectivity index (χ0v) is 16.6. The Kier molecular flexibility index (Phi) is 4.14. The minimum atomic E-state index is 0.206. The summed E-state index contributed by atoms with van der Waals surface area (Å²) in [5.41, 5.74) is 3.07. The number of nitrogens with zero attached hydrogens (tertiary/aromatic N) is 4. The van der Waals surface area contributed by atoms with E-state index in [1.54, 1.807) is 6.20 Å². The Morgan fingerprint density at radius 2 is 2.21 bits per heavy atom. The van der Waals surface area contributed by atoms with Crippen LogP contribution in [-0.4, -0.2) is 36.5 Å². The van der Waals surface area contributed by atoms with Crippen LogP contribution < -0.4 is 5.32 Å². The van der Waals surface area contributed by atoms with Gasteiger partial charge in [0.1, 0.15) is 5.82 Å². The van der Waals surface area contributed by atoms with Gasteiger partial charge in [-0.15, -0.1) is 10.2 Å². The second-order valence-corrected chi connectivity index (χ2v) is 9.04. The molecule has 1 amide bonds. The minimum Gasteiger partial charge on any atom is -0.353 e. The second-order valence-electron chi connectivity index (χ2n) is 9.04. The molecule has 3 aromatic heterocycles. The van der Waals surface area contributed by atoms with E-state index < -0.39 is 0 Å². The van der Waals surface area contributed by atoms with Crippen LogP contribution in [0.2, 0.25) is 0 Å². The molecule has 0 radical (unpaired) electrons. The van der Waals surface area contributed by atoms with Gasteiger partial charge in [-0.05, 0) is 49.5 Å². The number of carbonyl (C=O) groups is 1. The standard InChI is InChI=1S/C21H28N6O/c1-3-13-10-14(24-18(28)4-6-21(2)7-8-21)11-15(13)20-26-25-17-12-23-19-16(27(17)20)5-9-22-19/h5,9,12-15,22H,3-4,6-8,10-11H2,1-2H3,(H,24,28)/t13-,14+,15+/m1/s1. The molecule has 0 aromatic carbocycles. The first-order valence-electron chi connectivity index (χ1n) is 10.5. The maximum absolute atomic E-state index is 12.5. The Balaban J connectivity index is 1.35. The lowest BCUT2D eigenvalue weighted by molar-refractivity contribution is -0.122. The third-order valence-electron chi connectivity index (χ3n) is 6.94. The summed E-state index contributed by atoms with van der Waals surface area (Å²) in [6.07, 6.45) is 10.9. The molecule has 2 aliphatic carbocycles. The molecular formula is C21H28N6O. The van der Waals surface area contributed by atoms with E-state index in [2.05, 4.69) is 43.7 Å². The van der Waals surface area contributed by atoms with Gasteiger partial charge in [0.25, 0.3) is 0 Å². The summed E-state index contributed by atoms with van der Waals surface area (Å²) in [6.45, 7) is 4.51. The van der Waals surface area contributed by atoms with Gasteiger partial charge in [-0.1, -0.05) is 20.3 Å². The van der Waals surface area contributed by atoms with Crippen molar-refractivity contribution in [3.8, 4) is 0 Å². The van der Waals surface area contributed by atoms with E-state index in [9.17, 15) is 4.79 Å². The highest BCUT2D eigenvalue weighted by Crippen LogP contribution is 2.49. The first-order chi connectivity index (χ1) is 13.6. The summed E-state index contributed by atoms with van der Waals surface area (Å²) in [5.74, 6) is 2.00. The largest absolute Gasteiger partial charge is 0.353 e. The molecule has 2 aliphatic rings. The molecule has 7 heteroatoms. The molecule has 0 bridgehead atoms. The zero-order valence-electron chi connectivity index (χ0n) is 16.6. The highest BCUT2D eigenvalue weighted by Gasteiger charge is 2.39. The van der Waals surface area contributed by atoms with E-state index in [-0.39, 0.29) is 11.9 Å². The molecule has 0 aliphatic heterocycles. The quantitative estimate of drug-likeness (QED) is 0.684.